The van der Waals surface area contributed by atoms with Crippen molar-refractivity contribution in [1.82, 2.24) is 10.2 Å². The lowest BCUT2D eigenvalue weighted by Gasteiger charge is -2.22. The summed E-state index contributed by atoms with van der Waals surface area (Å²) < 4.78 is 0. The van der Waals surface area contributed by atoms with Crippen molar-refractivity contribution < 1.29 is 14.7 Å². The van der Waals surface area contributed by atoms with Crippen LogP contribution < -0.4 is 5.32 Å². The standard InChI is InChI=1S/C9H15N3O3/c1-3-7(9(14)15)12(2)6-8(13)11-5-4-10/h7H,3,5-6H2,1-2H3,(H,11,13)(H,14,15). The van der Waals surface area contributed by atoms with E-state index in [1.165, 1.54) is 4.90 Å². The maximum atomic E-state index is 11.2. The molecule has 1 atom stereocenters. The highest BCUT2D eigenvalue weighted by Gasteiger charge is 2.21. The first-order chi connectivity index (χ1) is 7.02. The lowest BCUT2D eigenvalue weighted by atomic mass is 10.2. The van der Waals surface area contributed by atoms with E-state index in [1.54, 1.807) is 20.0 Å². The van der Waals surface area contributed by atoms with Gasteiger partial charge in [-0.15, -0.1) is 0 Å². The molecule has 1 amide bonds. The number of likely N-dealkylation sites (N-methyl/N-ethyl adjacent to an activating group) is 1. The fourth-order valence-corrected chi connectivity index (χ4v) is 1.21. The summed E-state index contributed by atoms with van der Waals surface area (Å²) in [6.45, 7) is 1.66. The van der Waals surface area contributed by atoms with Crippen molar-refractivity contribution in [1.29, 1.82) is 5.26 Å². The van der Waals surface area contributed by atoms with E-state index < -0.39 is 12.0 Å². The lowest BCUT2D eigenvalue weighted by molar-refractivity contribution is -0.143. The average molecular weight is 213 g/mol. The monoisotopic (exact) mass is 213 g/mol. The number of rotatable bonds is 6. The van der Waals surface area contributed by atoms with E-state index in [0.717, 1.165) is 0 Å². The number of hydrogen-bond acceptors (Lipinski definition) is 4. The summed E-state index contributed by atoms with van der Waals surface area (Å²) >= 11 is 0. The molecule has 0 saturated carbocycles. The quantitative estimate of drug-likeness (QED) is 0.576. The minimum atomic E-state index is -0.951. The van der Waals surface area contributed by atoms with Gasteiger partial charge in [-0.2, -0.15) is 5.26 Å². The fraction of sp³-hybridized carbons (Fsp3) is 0.667. The van der Waals surface area contributed by atoms with Crippen LogP contribution in [0.5, 0.6) is 0 Å². The summed E-state index contributed by atoms with van der Waals surface area (Å²) in [5.41, 5.74) is 0. The van der Waals surface area contributed by atoms with E-state index >= 15 is 0 Å². The average Bonchev–Trinajstić information content (AvgIpc) is 2.15. The van der Waals surface area contributed by atoms with Gasteiger partial charge in [-0.1, -0.05) is 6.92 Å². The van der Waals surface area contributed by atoms with Crippen molar-refractivity contribution in [3.05, 3.63) is 0 Å². The highest BCUT2D eigenvalue weighted by molar-refractivity contribution is 5.80. The number of amides is 1. The van der Waals surface area contributed by atoms with E-state index in [2.05, 4.69) is 5.32 Å². The Bertz CT molecular complexity index is 272. The van der Waals surface area contributed by atoms with Crippen LogP contribution in [0, 0.1) is 11.3 Å². The number of nitrogens with zero attached hydrogens (tertiary/aromatic N) is 2. The molecule has 0 aliphatic carbocycles. The van der Waals surface area contributed by atoms with Crippen LogP contribution >= 0.6 is 0 Å². The Balaban J connectivity index is 4.11. The molecule has 0 rings (SSSR count). The zero-order valence-corrected chi connectivity index (χ0v) is 8.86. The van der Waals surface area contributed by atoms with Gasteiger partial charge in [-0.05, 0) is 13.5 Å². The molecule has 0 bridgehead atoms. The van der Waals surface area contributed by atoms with Crippen molar-refractivity contribution in [3.63, 3.8) is 0 Å². The third kappa shape index (κ3) is 4.98. The topological polar surface area (TPSA) is 93.4 Å². The van der Waals surface area contributed by atoms with Crippen LogP contribution in [0.25, 0.3) is 0 Å². The molecule has 0 aliphatic heterocycles. The molecule has 6 nitrogen and oxygen atoms in total. The summed E-state index contributed by atoms with van der Waals surface area (Å²) in [5.74, 6) is -1.30. The Kier molecular flexibility index (Phi) is 6.06. The van der Waals surface area contributed by atoms with Crippen LogP contribution in [0.2, 0.25) is 0 Å². The highest BCUT2D eigenvalue weighted by Crippen LogP contribution is 2.00. The predicted octanol–water partition coefficient (Wildman–Crippen LogP) is -0.579. The van der Waals surface area contributed by atoms with E-state index in [0.29, 0.717) is 6.42 Å². The maximum absolute atomic E-state index is 11.2. The Hall–Kier alpha value is -1.61. The molecule has 1 unspecified atom stereocenters. The van der Waals surface area contributed by atoms with Crippen molar-refractivity contribution in [2.24, 2.45) is 0 Å². The third-order valence-electron chi connectivity index (χ3n) is 1.96. The molecule has 0 radical (unpaired) electrons. The number of carbonyl (C=O) groups is 2. The van der Waals surface area contributed by atoms with Gasteiger partial charge >= 0.3 is 5.97 Å². The van der Waals surface area contributed by atoms with Gasteiger partial charge in [0.05, 0.1) is 12.6 Å². The number of hydrogen-bond donors (Lipinski definition) is 2. The minimum absolute atomic E-state index is 0.0213. The molecule has 0 fully saturated rings. The molecule has 0 aromatic carbocycles. The Labute approximate surface area is 88.5 Å². The van der Waals surface area contributed by atoms with Gasteiger partial charge in [-0.25, -0.2) is 0 Å². The molecule has 0 heterocycles. The van der Waals surface area contributed by atoms with Gasteiger partial charge in [0.2, 0.25) is 5.91 Å². The zero-order chi connectivity index (χ0) is 11.8. The second-order valence-corrected chi connectivity index (χ2v) is 3.11. The zero-order valence-electron chi connectivity index (χ0n) is 8.86. The van der Waals surface area contributed by atoms with Gasteiger partial charge in [0.25, 0.3) is 0 Å². The van der Waals surface area contributed by atoms with Gasteiger partial charge < -0.3 is 10.4 Å². The van der Waals surface area contributed by atoms with Gasteiger partial charge in [-0.3, -0.25) is 14.5 Å². The van der Waals surface area contributed by atoms with Crippen LogP contribution in [0.4, 0.5) is 0 Å². The summed E-state index contributed by atoms with van der Waals surface area (Å²) in [5, 5.41) is 19.4. The normalized spacial score (nSPS) is 11.9. The molecule has 84 valence electrons. The highest BCUT2D eigenvalue weighted by atomic mass is 16.4. The number of nitriles is 1. The summed E-state index contributed by atoms with van der Waals surface area (Å²) in [4.78, 5) is 23.3. The Morgan fingerprint density at radius 3 is 2.60 bits per heavy atom. The largest absolute Gasteiger partial charge is 0.480 e. The molecule has 0 aliphatic rings. The number of nitrogens with one attached hydrogen (secondary N) is 1. The van der Waals surface area contributed by atoms with E-state index in [-0.39, 0.29) is 19.0 Å². The van der Waals surface area contributed by atoms with E-state index in [9.17, 15) is 9.59 Å². The van der Waals surface area contributed by atoms with Crippen LogP contribution in [0.1, 0.15) is 13.3 Å². The smallest absolute Gasteiger partial charge is 0.320 e. The van der Waals surface area contributed by atoms with Crippen molar-refractivity contribution in [3.8, 4) is 6.07 Å². The van der Waals surface area contributed by atoms with Crippen LogP contribution in [-0.2, 0) is 9.59 Å². The van der Waals surface area contributed by atoms with Crippen LogP contribution in [0.15, 0.2) is 0 Å². The first kappa shape index (κ1) is 13.4. The number of carbonyl (C=O) groups excluding carboxylic acids is 1. The van der Waals surface area contributed by atoms with E-state index in [4.69, 9.17) is 10.4 Å². The lowest BCUT2D eigenvalue weighted by Crippen LogP contribution is -2.44. The summed E-state index contributed by atoms with van der Waals surface area (Å²) in [7, 11) is 1.56. The molecular formula is C9H15N3O3. The first-order valence-electron chi connectivity index (χ1n) is 4.59. The number of carboxylic acid groups (broad SMARTS) is 1. The second kappa shape index (κ2) is 6.79. The van der Waals surface area contributed by atoms with Crippen molar-refractivity contribution in [2.75, 3.05) is 20.1 Å². The molecule has 2 N–H and O–H groups in total. The molecule has 0 spiro atoms. The molecule has 15 heavy (non-hydrogen) atoms. The third-order valence-corrected chi connectivity index (χ3v) is 1.96. The van der Waals surface area contributed by atoms with E-state index in [1.807, 2.05) is 0 Å². The molecule has 0 saturated heterocycles. The van der Waals surface area contributed by atoms with Gasteiger partial charge in [0, 0.05) is 0 Å². The Morgan fingerprint density at radius 2 is 2.20 bits per heavy atom. The SMILES string of the molecule is CCC(C(=O)O)N(C)CC(=O)NCC#N. The molecular weight excluding hydrogens is 198 g/mol. The van der Waals surface area contributed by atoms with Crippen LogP contribution in [0.3, 0.4) is 0 Å². The summed E-state index contributed by atoms with van der Waals surface area (Å²) in [6, 6.07) is 1.10. The molecule has 0 aromatic heterocycles. The van der Waals surface area contributed by atoms with Crippen LogP contribution in [-0.4, -0.2) is 48.1 Å². The number of carboxylic acids is 1. The predicted molar refractivity (Wildman–Crippen MR) is 53.0 cm³/mol. The summed E-state index contributed by atoms with van der Waals surface area (Å²) in [6.07, 6.45) is 0.428. The van der Waals surface area contributed by atoms with Crippen molar-refractivity contribution >= 4 is 11.9 Å². The Morgan fingerprint density at radius 1 is 1.60 bits per heavy atom. The van der Waals surface area contributed by atoms with Crippen molar-refractivity contribution in [2.45, 2.75) is 19.4 Å². The molecule has 0 aromatic rings. The van der Waals surface area contributed by atoms with Gasteiger partial charge in [0.15, 0.2) is 0 Å². The van der Waals surface area contributed by atoms with Gasteiger partial charge in [0.1, 0.15) is 12.6 Å². The fourth-order valence-electron chi connectivity index (χ4n) is 1.21. The first-order valence-corrected chi connectivity index (χ1v) is 4.59. The molecule has 6 heteroatoms. The second-order valence-electron chi connectivity index (χ2n) is 3.11. The number of aliphatic carboxylic acids is 1. The maximum Gasteiger partial charge on any atom is 0.320 e. The minimum Gasteiger partial charge on any atom is -0.480 e.